The normalized spacial score (nSPS) is 18.6. The largest absolute Gasteiger partial charge is 0.286 e. The summed E-state index contributed by atoms with van der Waals surface area (Å²) >= 11 is 0. The van der Waals surface area contributed by atoms with Gasteiger partial charge in [0.1, 0.15) is 0 Å². The lowest BCUT2D eigenvalue weighted by Crippen LogP contribution is -2.45. The van der Waals surface area contributed by atoms with E-state index in [1.165, 1.54) is 75.3 Å². The zero-order chi connectivity index (χ0) is 19.0. The summed E-state index contributed by atoms with van der Waals surface area (Å²) in [5, 5.41) is 0. The highest BCUT2D eigenvalue weighted by molar-refractivity contribution is 5.64. The van der Waals surface area contributed by atoms with E-state index in [9.17, 15) is 0 Å². The highest BCUT2D eigenvalue weighted by atomic mass is 15.2. The molecule has 0 aromatic heterocycles. The fraction of sp³-hybridized carbons (Fsp3) is 0.481. The van der Waals surface area contributed by atoms with Gasteiger partial charge in [-0.2, -0.15) is 0 Å². The molecule has 1 heteroatoms. The molecule has 0 N–H and O–H groups in total. The van der Waals surface area contributed by atoms with Crippen molar-refractivity contribution in [1.82, 2.24) is 4.90 Å². The molecule has 0 atom stereocenters. The molecular formula is C27H33N. The fourth-order valence-corrected chi connectivity index (χ4v) is 4.99. The first kappa shape index (κ1) is 19.3. The molecule has 0 aliphatic heterocycles. The molecule has 0 amide bonds. The van der Waals surface area contributed by atoms with Crippen LogP contribution in [0.4, 0.5) is 0 Å². The van der Waals surface area contributed by atoms with Crippen molar-refractivity contribution < 1.29 is 0 Å². The van der Waals surface area contributed by atoms with E-state index in [-0.39, 0.29) is 0 Å². The first-order valence-electron chi connectivity index (χ1n) is 11.3. The summed E-state index contributed by atoms with van der Waals surface area (Å²) in [4.78, 5) is 2.78. The lowest BCUT2D eigenvalue weighted by molar-refractivity contribution is 0.0961. The quantitative estimate of drug-likeness (QED) is 0.542. The molecule has 2 aliphatic carbocycles. The maximum absolute atomic E-state index is 3.53. The first-order valence-corrected chi connectivity index (χ1v) is 11.3. The van der Waals surface area contributed by atoms with Crippen LogP contribution in [-0.4, -0.2) is 23.5 Å². The summed E-state index contributed by atoms with van der Waals surface area (Å²) in [6.45, 7) is 0.940. The van der Waals surface area contributed by atoms with Crippen molar-refractivity contribution in [2.45, 2.75) is 76.3 Å². The highest BCUT2D eigenvalue weighted by Gasteiger charge is 2.27. The SMILES string of the molecule is C(#Cc1ccc(-c2ccccc2)cc1)CN(C1CCCCC1)C1CCCCC1. The van der Waals surface area contributed by atoms with E-state index in [4.69, 9.17) is 0 Å². The van der Waals surface area contributed by atoms with Crippen molar-refractivity contribution in [3.05, 3.63) is 60.2 Å². The van der Waals surface area contributed by atoms with Crippen LogP contribution >= 0.6 is 0 Å². The Balaban J connectivity index is 1.42. The van der Waals surface area contributed by atoms with E-state index < -0.39 is 0 Å². The summed E-state index contributed by atoms with van der Waals surface area (Å²) < 4.78 is 0. The smallest absolute Gasteiger partial charge is 0.0610 e. The molecule has 1 nitrogen and oxygen atoms in total. The molecule has 2 aromatic carbocycles. The molecular weight excluding hydrogens is 338 g/mol. The number of nitrogens with zero attached hydrogens (tertiary/aromatic N) is 1. The summed E-state index contributed by atoms with van der Waals surface area (Å²) in [5.41, 5.74) is 3.66. The van der Waals surface area contributed by atoms with Crippen molar-refractivity contribution in [3.63, 3.8) is 0 Å². The van der Waals surface area contributed by atoms with E-state index in [2.05, 4.69) is 71.3 Å². The van der Waals surface area contributed by atoms with Gasteiger partial charge in [0, 0.05) is 17.6 Å². The predicted molar refractivity (Wildman–Crippen MR) is 119 cm³/mol. The number of hydrogen-bond donors (Lipinski definition) is 0. The van der Waals surface area contributed by atoms with Gasteiger partial charge in [-0.05, 0) is 48.9 Å². The molecule has 146 valence electrons. The van der Waals surface area contributed by atoms with E-state index in [0.717, 1.165) is 24.2 Å². The minimum Gasteiger partial charge on any atom is -0.286 e. The topological polar surface area (TPSA) is 3.24 Å². The third kappa shape index (κ3) is 5.06. The van der Waals surface area contributed by atoms with Gasteiger partial charge >= 0.3 is 0 Å². The second-order valence-electron chi connectivity index (χ2n) is 8.50. The Morgan fingerprint density at radius 2 is 1.18 bits per heavy atom. The second kappa shape index (κ2) is 9.94. The Morgan fingerprint density at radius 1 is 0.643 bits per heavy atom. The molecule has 2 fully saturated rings. The lowest BCUT2D eigenvalue weighted by Gasteiger charge is -2.40. The van der Waals surface area contributed by atoms with Gasteiger partial charge in [-0.25, -0.2) is 0 Å². The molecule has 0 unspecified atom stereocenters. The Bertz CT molecular complexity index is 751. The van der Waals surface area contributed by atoms with Gasteiger partial charge in [0.2, 0.25) is 0 Å². The minimum atomic E-state index is 0.770. The molecule has 0 saturated heterocycles. The average molecular weight is 372 g/mol. The molecule has 28 heavy (non-hydrogen) atoms. The van der Waals surface area contributed by atoms with Gasteiger partial charge in [0.05, 0.1) is 6.54 Å². The summed E-state index contributed by atoms with van der Waals surface area (Å²) in [7, 11) is 0. The zero-order valence-corrected chi connectivity index (χ0v) is 17.1. The summed E-state index contributed by atoms with van der Waals surface area (Å²) in [5.74, 6) is 6.97. The van der Waals surface area contributed by atoms with Gasteiger partial charge in [-0.3, -0.25) is 4.90 Å². The monoisotopic (exact) mass is 371 g/mol. The van der Waals surface area contributed by atoms with Crippen LogP contribution in [0.25, 0.3) is 11.1 Å². The molecule has 0 spiro atoms. The molecule has 2 aliphatic rings. The maximum Gasteiger partial charge on any atom is 0.0610 e. The number of hydrogen-bond acceptors (Lipinski definition) is 1. The van der Waals surface area contributed by atoms with Crippen LogP contribution < -0.4 is 0 Å². The summed E-state index contributed by atoms with van der Waals surface area (Å²) in [6.07, 6.45) is 14.0. The van der Waals surface area contributed by atoms with E-state index in [1.54, 1.807) is 0 Å². The third-order valence-electron chi connectivity index (χ3n) is 6.57. The maximum atomic E-state index is 3.53. The zero-order valence-electron chi connectivity index (χ0n) is 17.1. The molecule has 0 bridgehead atoms. The van der Waals surface area contributed by atoms with Crippen LogP contribution in [0.15, 0.2) is 54.6 Å². The molecule has 2 aromatic rings. The van der Waals surface area contributed by atoms with E-state index >= 15 is 0 Å². The predicted octanol–water partition coefficient (Wildman–Crippen LogP) is 6.67. The van der Waals surface area contributed by atoms with Crippen molar-refractivity contribution in [1.29, 1.82) is 0 Å². The van der Waals surface area contributed by atoms with Crippen molar-refractivity contribution in [2.75, 3.05) is 6.54 Å². The van der Waals surface area contributed by atoms with Crippen molar-refractivity contribution >= 4 is 0 Å². The van der Waals surface area contributed by atoms with Crippen molar-refractivity contribution in [3.8, 4) is 23.0 Å². The van der Waals surface area contributed by atoms with Crippen LogP contribution in [0, 0.1) is 11.8 Å². The summed E-state index contributed by atoms with van der Waals surface area (Å²) in [6, 6.07) is 20.8. The van der Waals surface area contributed by atoms with Crippen LogP contribution in [-0.2, 0) is 0 Å². The molecule has 4 rings (SSSR count). The van der Waals surface area contributed by atoms with Crippen molar-refractivity contribution in [2.24, 2.45) is 0 Å². The van der Waals surface area contributed by atoms with Gasteiger partial charge in [0.25, 0.3) is 0 Å². The van der Waals surface area contributed by atoms with Gasteiger partial charge in [-0.1, -0.05) is 92.8 Å². The lowest BCUT2D eigenvalue weighted by atomic mass is 9.88. The van der Waals surface area contributed by atoms with Crippen LogP contribution in [0.3, 0.4) is 0 Å². The molecule has 0 radical (unpaired) electrons. The second-order valence-corrected chi connectivity index (χ2v) is 8.50. The minimum absolute atomic E-state index is 0.770. The van der Waals surface area contributed by atoms with E-state index in [0.29, 0.717) is 0 Å². The van der Waals surface area contributed by atoms with Crippen LogP contribution in [0.2, 0.25) is 0 Å². The standard InChI is InChI=1S/C27H33N/c1-4-12-24(13-5-1)25-20-18-23(19-21-25)11-10-22-28(26-14-6-2-7-15-26)27-16-8-3-9-17-27/h1,4-5,12-13,18-21,26-27H,2-3,6-9,14-17,22H2. The Labute approximate surface area is 171 Å². The highest BCUT2D eigenvalue weighted by Crippen LogP contribution is 2.29. The average Bonchev–Trinajstić information content (AvgIpc) is 2.79. The molecule has 2 saturated carbocycles. The third-order valence-corrected chi connectivity index (χ3v) is 6.57. The van der Waals surface area contributed by atoms with Gasteiger partial charge < -0.3 is 0 Å². The Morgan fingerprint density at radius 3 is 1.75 bits per heavy atom. The Kier molecular flexibility index (Phi) is 6.85. The fourth-order valence-electron chi connectivity index (χ4n) is 4.99. The van der Waals surface area contributed by atoms with Gasteiger partial charge in [0.15, 0.2) is 0 Å². The number of benzene rings is 2. The van der Waals surface area contributed by atoms with Crippen LogP contribution in [0.5, 0.6) is 0 Å². The number of rotatable bonds is 4. The Hall–Kier alpha value is -2.04. The van der Waals surface area contributed by atoms with E-state index in [1.807, 2.05) is 0 Å². The first-order chi connectivity index (χ1) is 13.9. The van der Waals surface area contributed by atoms with Crippen LogP contribution in [0.1, 0.15) is 69.8 Å². The molecule has 0 heterocycles. The van der Waals surface area contributed by atoms with Gasteiger partial charge in [-0.15, -0.1) is 0 Å².